The molecule has 66 valence electrons. The summed E-state index contributed by atoms with van der Waals surface area (Å²) < 4.78 is 19.9. The minimum absolute atomic E-state index is 0. The summed E-state index contributed by atoms with van der Waals surface area (Å²) in [4.78, 5) is 8.83. The van der Waals surface area contributed by atoms with Gasteiger partial charge in [-0.1, -0.05) is 12.1 Å². The SMILES string of the molecule is Cl.O=P1(O)Oc2ccccc2O1. The molecule has 0 radical (unpaired) electrons. The van der Waals surface area contributed by atoms with Crippen molar-refractivity contribution in [2.24, 2.45) is 0 Å². The van der Waals surface area contributed by atoms with Gasteiger partial charge in [0.15, 0.2) is 11.5 Å². The zero-order valence-corrected chi connectivity index (χ0v) is 7.55. The van der Waals surface area contributed by atoms with Crippen molar-refractivity contribution in [3.8, 4) is 11.5 Å². The van der Waals surface area contributed by atoms with Crippen LogP contribution in [0.15, 0.2) is 24.3 Å². The molecule has 1 aromatic carbocycles. The van der Waals surface area contributed by atoms with Crippen LogP contribution in [0.2, 0.25) is 0 Å². The van der Waals surface area contributed by atoms with Gasteiger partial charge in [0, 0.05) is 0 Å². The lowest BCUT2D eigenvalue weighted by Crippen LogP contribution is -1.87. The first-order valence-electron chi connectivity index (χ1n) is 2.98. The van der Waals surface area contributed by atoms with Gasteiger partial charge in [-0.2, -0.15) is 0 Å². The van der Waals surface area contributed by atoms with Crippen molar-refractivity contribution in [2.45, 2.75) is 0 Å². The molecule has 0 fully saturated rings. The van der Waals surface area contributed by atoms with Gasteiger partial charge in [-0.25, -0.2) is 4.57 Å². The predicted molar refractivity (Wildman–Crippen MR) is 44.8 cm³/mol. The Morgan fingerprint density at radius 3 is 2.00 bits per heavy atom. The molecule has 1 aromatic rings. The van der Waals surface area contributed by atoms with Crippen molar-refractivity contribution in [1.29, 1.82) is 0 Å². The van der Waals surface area contributed by atoms with E-state index in [2.05, 4.69) is 9.05 Å². The Morgan fingerprint density at radius 2 is 1.58 bits per heavy atom. The third-order valence-corrected chi connectivity index (χ3v) is 2.13. The summed E-state index contributed by atoms with van der Waals surface area (Å²) in [5.41, 5.74) is 0. The van der Waals surface area contributed by atoms with E-state index in [-0.39, 0.29) is 12.4 Å². The minimum Gasteiger partial charge on any atom is -0.391 e. The fourth-order valence-corrected chi connectivity index (χ4v) is 1.70. The molecule has 0 aromatic heterocycles. The largest absolute Gasteiger partial charge is 0.585 e. The first-order chi connectivity index (χ1) is 5.17. The van der Waals surface area contributed by atoms with Crippen LogP contribution in [0.5, 0.6) is 11.5 Å². The number of hydrogen-bond acceptors (Lipinski definition) is 3. The Morgan fingerprint density at radius 1 is 1.17 bits per heavy atom. The van der Waals surface area contributed by atoms with E-state index in [1.165, 1.54) is 0 Å². The molecule has 1 aliphatic rings. The van der Waals surface area contributed by atoms with E-state index in [9.17, 15) is 4.57 Å². The molecule has 6 heteroatoms. The lowest BCUT2D eigenvalue weighted by atomic mass is 10.3. The number of halogens is 1. The lowest BCUT2D eigenvalue weighted by Gasteiger charge is -1.97. The molecular formula is C6H6ClO4P. The van der Waals surface area contributed by atoms with Crippen molar-refractivity contribution in [3.63, 3.8) is 0 Å². The van der Waals surface area contributed by atoms with Gasteiger partial charge in [0.25, 0.3) is 0 Å². The van der Waals surface area contributed by atoms with Gasteiger partial charge in [-0.15, -0.1) is 12.4 Å². The Kier molecular flexibility index (Phi) is 2.33. The van der Waals surface area contributed by atoms with Crippen LogP contribution in [0, 0.1) is 0 Å². The molecular weight excluding hydrogens is 202 g/mol. The molecule has 0 unspecified atom stereocenters. The second kappa shape index (κ2) is 2.98. The number of benzene rings is 1. The van der Waals surface area contributed by atoms with Gasteiger partial charge in [0.1, 0.15) is 0 Å². The summed E-state index contributed by atoms with van der Waals surface area (Å²) in [6, 6.07) is 6.55. The van der Waals surface area contributed by atoms with Gasteiger partial charge >= 0.3 is 7.82 Å². The van der Waals surface area contributed by atoms with Crippen LogP contribution in [0.1, 0.15) is 0 Å². The molecule has 1 N–H and O–H groups in total. The highest BCUT2D eigenvalue weighted by Crippen LogP contribution is 2.54. The Hall–Kier alpha value is -0.700. The summed E-state index contributed by atoms with van der Waals surface area (Å²) in [6.07, 6.45) is 0. The molecule has 0 aliphatic carbocycles. The van der Waals surface area contributed by atoms with E-state index in [4.69, 9.17) is 4.89 Å². The zero-order valence-electron chi connectivity index (χ0n) is 5.84. The van der Waals surface area contributed by atoms with Crippen LogP contribution in [0.25, 0.3) is 0 Å². The summed E-state index contributed by atoms with van der Waals surface area (Å²) in [7, 11) is -3.83. The number of hydrogen-bond donors (Lipinski definition) is 1. The zero-order chi connectivity index (χ0) is 7.90. The number of phosphoric acid groups is 1. The highest BCUT2D eigenvalue weighted by molar-refractivity contribution is 7.48. The van der Waals surface area contributed by atoms with E-state index in [1.54, 1.807) is 24.3 Å². The van der Waals surface area contributed by atoms with Crippen molar-refractivity contribution in [2.75, 3.05) is 0 Å². The molecule has 1 aliphatic heterocycles. The first kappa shape index (κ1) is 9.39. The second-order valence-corrected chi connectivity index (χ2v) is 3.40. The molecule has 2 rings (SSSR count). The van der Waals surface area contributed by atoms with Crippen LogP contribution >= 0.6 is 20.2 Å². The maximum Gasteiger partial charge on any atom is 0.585 e. The van der Waals surface area contributed by atoms with Gasteiger partial charge in [0.2, 0.25) is 0 Å². The van der Waals surface area contributed by atoms with Crippen LogP contribution in [-0.4, -0.2) is 4.89 Å². The van der Waals surface area contributed by atoms with Crippen molar-refractivity contribution in [1.82, 2.24) is 0 Å². The molecule has 12 heavy (non-hydrogen) atoms. The third-order valence-electron chi connectivity index (χ3n) is 1.28. The molecule has 0 saturated heterocycles. The highest BCUT2D eigenvalue weighted by Gasteiger charge is 2.34. The van der Waals surface area contributed by atoms with Crippen LogP contribution in [0.3, 0.4) is 0 Å². The quantitative estimate of drug-likeness (QED) is 0.663. The molecule has 0 amide bonds. The van der Waals surface area contributed by atoms with Crippen LogP contribution in [0.4, 0.5) is 0 Å². The third kappa shape index (κ3) is 1.55. The molecule has 0 saturated carbocycles. The Bertz CT molecular complexity index is 311. The van der Waals surface area contributed by atoms with E-state index in [0.29, 0.717) is 11.5 Å². The smallest absolute Gasteiger partial charge is 0.391 e. The summed E-state index contributed by atoms with van der Waals surface area (Å²) in [5.74, 6) is 0.636. The summed E-state index contributed by atoms with van der Waals surface area (Å²) >= 11 is 0. The molecule has 0 spiro atoms. The lowest BCUT2D eigenvalue weighted by molar-refractivity contribution is 0.324. The van der Waals surface area contributed by atoms with Crippen molar-refractivity contribution >= 4 is 20.2 Å². The van der Waals surface area contributed by atoms with E-state index in [0.717, 1.165) is 0 Å². The molecule has 0 atom stereocenters. The van der Waals surface area contributed by atoms with E-state index >= 15 is 0 Å². The maximum absolute atomic E-state index is 10.8. The monoisotopic (exact) mass is 208 g/mol. The summed E-state index contributed by atoms with van der Waals surface area (Å²) in [6.45, 7) is 0. The average molecular weight is 209 g/mol. The fraction of sp³-hybridized carbons (Fsp3) is 0. The Balaban J connectivity index is 0.000000720. The van der Waals surface area contributed by atoms with Crippen LogP contribution < -0.4 is 9.05 Å². The second-order valence-electron chi connectivity index (χ2n) is 2.10. The van der Waals surface area contributed by atoms with E-state index in [1.807, 2.05) is 0 Å². The Labute approximate surface area is 75.1 Å². The van der Waals surface area contributed by atoms with Crippen molar-refractivity contribution in [3.05, 3.63) is 24.3 Å². The van der Waals surface area contributed by atoms with Gasteiger partial charge in [-0.3, -0.25) is 4.89 Å². The van der Waals surface area contributed by atoms with E-state index < -0.39 is 7.82 Å². The predicted octanol–water partition coefficient (Wildman–Crippen LogP) is 1.98. The van der Waals surface area contributed by atoms with Gasteiger partial charge < -0.3 is 9.05 Å². The number of para-hydroxylation sites is 2. The van der Waals surface area contributed by atoms with Gasteiger partial charge in [-0.05, 0) is 12.1 Å². The standard InChI is InChI=1S/C6H5O4P.ClH/c7-11(8)9-5-3-1-2-4-6(5)10-11;/h1-4H,(H,7,8);1H. The average Bonchev–Trinajstić information content (AvgIpc) is 2.21. The number of phosphoric ester groups is 1. The van der Waals surface area contributed by atoms with Crippen molar-refractivity contribution < 1.29 is 18.5 Å². The summed E-state index contributed by atoms with van der Waals surface area (Å²) in [5, 5.41) is 0. The fourth-order valence-electron chi connectivity index (χ4n) is 0.868. The topological polar surface area (TPSA) is 55.8 Å². The molecule has 1 heterocycles. The highest BCUT2D eigenvalue weighted by atomic mass is 35.5. The maximum atomic E-state index is 10.8. The number of rotatable bonds is 0. The number of fused-ring (bicyclic) bond motifs is 1. The normalized spacial score (nSPS) is 16.8. The minimum atomic E-state index is -3.83. The van der Waals surface area contributed by atoms with Gasteiger partial charge in [0.05, 0.1) is 0 Å². The first-order valence-corrected chi connectivity index (χ1v) is 4.48. The van der Waals surface area contributed by atoms with Crippen LogP contribution in [-0.2, 0) is 4.57 Å². The molecule has 0 bridgehead atoms. The molecule has 4 nitrogen and oxygen atoms in total.